The number of benzene rings is 1. The summed E-state index contributed by atoms with van der Waals surface area (Å²) in [5, 5.41) is 9.57. The highest BCUT2D eigenvalue weighted by molar-refractivity contribution is 7.94. The average Bonchev–Trinajstić information content (AvgIpc) is 2.18. The molecule has 1 rings (SSSR count). The average molecular weight is 207 g/mol. The summed E-state index contributed by atoms with van der Waals surface area (Å²) in [5.74, 6) is 0. The number of nitrogens with zero attached hydrogens (tertiary/aromatic N) is 1. The Morgan fingerprint density at radius 3 is 2.64 bits per heavy atom. The molecule has 0 aliphatic heterocycles. The molecule has 3 nitrogen and oxygen atoms in total. The molecule has 4 heteroatoms. The van der Waals surface area contributed by atoms with Gasteiger partial charge in [-0.25, -0.2) is 8.42 Å². The summed E-state index contributed by atoms with van der Waals surface area (Å²) in [6.07, 6.45) is 0. The number of rotatable bonds is 2. The van der Waals surface area contributed by atoms with Gasteiger partial charge in [0.2, 0.25) is 9.84 Å². The SMILES string of the molecule is C=CS(=O)(=O)c1cc(C)ccc1C#N. The summed E-state index contributed by atoms with van der Waals surface area (Å²) < 4.78 is 22.9. The van der Waals surface area contributed by atoms with Crippen molar-refractivity contribution in [3.8, 4) is 6.07 Å². The first kappa shape index (κ1) is 10.5. The molecular formula is C10H9NO2S. The van der Waals surface area contributed by atoms with Gasteiger partial charge in [-0.3, -0.25) is 0 Å². The molecule has 0 saturated carbocycles. The van der Waals surface area contributed by atoms with E-state index < -0.39 is 9.84 Å². The van der Waals surface area contributed by atoms with Crippen LogP contribution < -0.4 is 0 Å². The molecule has 1 aromatic rings. The van der Waals surface area contributed by atoms with Gasteiger partial charge in [0.25, 0.3) is 0 Å². The summed E-state index contributed by atoms with van der Waals surface area (Å²) in [5.41, 5.74) is 0.944. The van der Waals surface area contributed by atoms with Gasteiger partial charge in [0.15, 0.2) is 0 Å². The number of hydrogen-bond donors (Lipinski definition) is 0. The standard InChI is InChI=1S/C10H9NO2S/c1-3-14(12,13)10-6-8(2)4-5-9(10)7-11/h3-6H,1H2,2H3. The Bertz CT molecular complexity index is 509. The van der Waals surface area contributed by atoms with Gasteiger partial charge in [0.1, 0.15) is 6.07 Å². The van der Waals surface area contributed by atoms with Crippen LogP contribution in [0, 0.1) is 18.3 Å². The summed E-state index contributed by atoms with van der Waals surface area (Å²) in [7, 11) is -3.52. The van der Waals surface area contributed by atoms with Gasteiger partial charge in [0.05, 0.1) is 10.5 Å². The van der Waals surface area contributed by atoms with Crippen LogP contribution >= 0.6 is 0 Å². The van der Waals surface area contributed by atoms with Crippen molar-refractivity contribution >= 4 is 9.84 Å². The van der Waals surface area contributed by atoms with Crippen molar-refractivity contribution in [1.82, 2.24) is 0 Å². The van der Waals surface area contributed by atoms with Gasteiger partial charge in [-0.05, 0) is 24.6 Å². The van der Waals surface area contributed by atoms with Gasteiger partial charge in [-0.15, -0.1) is 0 Å². The lowest BCUT2D eigenvalue weighted by atomic mass is 10.2. The summed E-state index contributed by atoms with van der Waals surface area (Å²) in [6.45, 7) is 4.98. The van der Waals surface area contributed by atoms with Crippen molar-refractivity contribution in [3.05, 3.63) is 41.3 Å². The number of hydrogen-bond acceptors (Lipinski definition) is 3. The van der Waals surface area contributed by atoms with Crippen molar-refractivity contribution in [1.29, 1.82) is 5.26 Å². The molecule has 0 N–H and O–H groups in total. The molecule has 14 heavy (non-hydrogen) atoms. The zero-order chi connectivity index (χ0) is 10.8. The molecule has 0 radical (unpaired) electrons. The van der Waals surface area contributed by atoms with Crippen LogP contribution in [-0.4, -0.2) is 8.42 Å². The van der Waals surface area contributed by atoms with Crippen LogP contribution in [-0.2, 0) is 9.84 Å². The number of aryl methyl sites for hydroxylation is 1. The third-order valence-corrected chi connectivity index (χ3v) is 3.17. The molecule has 0 bridgehead atoms. The topological polar surface area (TPSA) is 57.9 Å². The predicted octanol–water partition coefficient (Wildman–Crippen LogP) is 1.78. The molecule has 1 aromatic carbocycles. The van der Waals surface area contributed by atoms with E-state index in [2.05, 4.69) is 6.58 Å². The molecule has 72 valence electrons. The minimum Gasteiger partial charge on any atom is -0.219 e. The molecule has 0 aliphatic rings. The number of nitriles is 1. The van der Waals surface area contributed by atoms with E-state index in [1.54, 1.807) is 13.0 Å². The van der Waals surface area contributed by atoms with E-state index in [9.17, 15) is 8.42 Å². The summed E-state index contributed by atoms with van der Waals surface area (Å²) in [6, 6.07) is 6.49. The van der Waals surface area contributed by atoms with Crippen LogP contribution in [0.5, 0.6) is 0 Å². The first-order valence-corrected chi connectivity index (χ1v) is 5.44. The van der Waals surface area contributed by atoms with Crippen molar-refractivity contribution in [3.63, 3.8) is 0 Å². The minimum atomic E-state index is -3.52. The Labute approximate surface area is 83.2 Å². The Hall–Kier alpha value is -1.60. The zero-order valence-electron chi connectivity index (χ0n) is 7.69. The van der Waals surface area contributed by atoms with Gasteiger partial charge in [-0.2, -0.15) is 5.26 Å². The molecule has 0 aromatic heterocycles. The third kappa shape index (κ3) is 1.83. The second-order valence-electron chi connectivity index (χ2n) is 2.82. The van der Waals surface area contributed by atoms with E-state index >= 15 is 0 Å². The van der Waals surface area contributed by atoms with Crippen LogP contribution in [0.15, 0.2) is 35.1 Å². The highest BCUT2D eigenvalue weighted by Gasteiger charge is 2.14. The lowest BCUT2D eigenvalue weighted by molar-refractivity contribution is 0.604. The minimum absolute atomic E-state index is 0.0231. The third-order valence-electron chi connectivity index (χ3n) is 1.78. The van der Waals surface area contributed by atoms with Crippen molar-refractivity contribution < 1.29 is 8.42 Å². The molecule has 0 aliphatic carbocycles. The van der Waals surface area contributed by atoms with Gasteiger partial charge >= 0.3 is 0 Å². The molecule has 0 heterocycles. The lowest BCUT2D eigenvalue weighted by Crippen LogP contribution is -1.99. The molecule has 0 fully saturated rings. The maximum atomic E-state index is 11.5. The first-order valence-electron chi connectivity index (χ1n) is 3.89. The monoisotopic (exact) mass is 207 g/mol. The zero-order valence-corrected chi connectivity index (χ0v) is 8.50. The predicted molar refractivity (Wildman–Crippen MR) is 53.3 cm³/mol. The molecule has 0 atom stereocenters. The molecule has 0 unspecified atom stereocenters. The van der Waals surface area contributed by atoms with Crippen LogP contribution in [0.4, 0.5) is 0 Å². The van der Waals surface area contributed by atoms with Crippen molar-refractivity contribution in [2.45, 2.75) is 11.8 Å². The Morgan fingerprint density at radius 2 is 2.14 bits per heavy atom. The molecule has 0 saturated heterocycles. The smallest absolute Gasteiger partial charge is 0.200 e. The van der Waals surface area contributed by atoms with Crippen LogP contribution in [0.25, 0.3) is 0 Å². The van der Waals surface area contributed by atoms with Crippen molar-refractivity contribution in [2.75, 3.05) is 0 Å². The Morgan fingerprint density at radius 1 is 1.50 bits per heavy atom. The second-order valence-corrected chi connectivity index (χ2v) is 4.69. The maximum Gasteiger partial charge on any atom is 0.200 e. The van der Waals surface area contributed by atoms with Gasteiger partial charge in [-0.1, -0.05) is 12.6 Å². The highest BCUT2D eigenvalue weighted by Crippen LogP contribution is 2.18. The van der Waals surface area contributed by atoms with Crippen LogP contribution in [0.1, 0.15) is 11.1 Å². The van der Waals surface area contributed by atoms with Gasteiger partial charge in [0, 0.05) is 5.41 Å². The largest absolute Gasteiger partial charge is 0.219 e. The van der Waals surface area contributed by atoms with Crippen LogP contribution in [0.2, 0.25) is 0 Å². The van der Waals surface area contributed by atoms with Crippen molar-refractivity contribution in [2.24, 2.45) is 0 Å². The van der Waals surface area contributed by atoms with E-state index in [1.807, 2.05) is 6.07 Å². The fraction of sp³-hybridized carbons (Fsp3) is 0.100. The normalized spacial score (nSPS) is 10.6. The maximum absolute atomic E-state index is 11.5. The fourth-order valence-corrected chi connectivity index (χ4v) is 2.00. The summed E-state index contributed by atoms with van der Waals surface area (Å²) >= 11 is 0. The quantitative estimate of drug-likeness (QED) is 0.742. The summed E-state index contributed by atoms with van der Waals surface area (Å²) in [4.78, 5) is 0.0231. The fourth-order valence-electron chi connectivity index (χ4n) is 1.05. The molecule has 0 amide bonds. The van der Waals surface area contributed by atoms with E-state index in [4.69, 9.17) is 5.26 Å². The van der Waals surface area contributed by atoms with E-state index in [1.165, 1.54) is 12.1 Å². The van der Waals surface area contributed by atoms with E-state index in [0.29, 0.717) is 0 Å². The Balaban J connectivity index is 3.56. The van der Waals surface area contributed by atoms with Crippen LogP contribution in [0.3, 0.4) is 0 Å². The highest BCUT2D eigenvalue weighted by atomic mass is 32.2. The molecular weight excluding hydrogens is 198 g/mol. The Kier molecular flexibility index (Phi) is 2.73. The second kappa shape index (κ2) is 3.64. The van der Waals surface area contributed by atoms with E-state index in [0.717, 1.165) is 11.0 Å². The first-order chi connectivity index (χ1) is 6.51. The lowest BCUT2D eigenvalue weighted by Gasteiger charge is -2.02. The number of sulfone groups is 1. The van der Waals surface area contributed by atoms with E-state index in [-0.39, 0.29) is 10.5 Å². The molecule has 0 spiro atoms. The van der Waals surface area contributed by atoms with Gasteiger partial charge < -0.3 is 0 Å².